The third kappa shape index (κ3) is 3.32. The van der Waals surface area contributed by atoms with E-state index < -0.39 is 10.0 Å². The van der Waals surface area contributed by atoms with Gasteiger partial charge in [0.05, 0.1) is 5.75 Å². The Morgan fingerprint density at radius 3 is 3.06 bits per heavy atom. The van der Waals surface area contributed by atoms with Crippen LogP contribution >= 0.6 is 0 Å². The first-order valence-corrected chi connectivity index (χ1v) is 8.19. The van der Waals surface area contributed by atoms with Crippen LogP contribution in [0.4, 0.5) is 0 Å². The van der Waals surface area contributed by atoms with Gasteiger partial charge in [-0.1, -0.05) is 6.92 Å². The molecule has 0 amide bonds. The average Bonchev–Trinajstić information content (AvgIpc) is 2.82. The van der Waals surface area contributed by atoms with Crippen LogP contribution in [0.15, 0.2) is 12.3 Å². The highest BCUT2D eigenvalue weighted by Gasteiger charge is 2.28. The fourth-order valence-corrected chi connectivity index (χ4v) is 4.16. The highest BCUT2D eigenvalue weighted by molar-refractivity contribution is 7.89. The zero-order valence-electron chi connectivity index (χ0n) is 10.8. The first-order chi connectivity index (χ1) is 8.62. The molecule has 0 aromatic carbocycles. The van der Waals surface area contributed by atoms with Crippen LogP contribution in [0.5, 0.6) is 0 Å². The van der Waals surface area contributed by atoms with E-state index in [2.05, 4.69) is 10.2 Å². The maximum absolute atomic E-state index is 12.0. The van der Waals surface area contributed by atoms with E-state index in [0.717, 1.165) is 25.0 Å². The third-order valence-corrected chi connectivity index (χ3v) is 5.45. The molecule has 2 heterocycles. The monoisotopic (exact) mass is 271 g/mol. The predicted octanol–water partition coefficient (Wildman–Crippen LogP) is 1.40. The number of hydrogen-bond donors (Lipinski definition) is 1. The summed E-state index contributed by atoms with van der Waals surface area (Å²) in [4.78, 5) is 0. The molecule has 1 aromatic heterocycles. The van der Waals surface area contributed by atoms with Crippen molar-refractivity contribution in [3.05, 3.63) is 18.0 Å². The highest BCUT2D eigenvalue weighted by atomic mass is 32.2. The molecule has 0 saturated carbocycles. The van der Waals surface area contributed by atoms with E-state index in [1.807, 2.05) is 13.0 Å². The van der Waals surface area contributed by atoms with Crippen molar-refractivity contribution in [3.63, 3.8) is 0 Å². The highest BCUT2D eigenvalue weighted by Crippen LogP contribution is 2.22. The smallest absolute Gasteiger partial charge is 0.214 e. The quantitative estimate of drug-likeness (QED) is 0.880. The van der Waals surface area contributed by atoms with Gasteiger partial charge in [0.25, 0.3) is 0 Å². The molecule has 1 N–H and O–H groups in total. The Bertz CT molecular complexity index is 456. The Kier molecular flexibility index (Phi) is 4.40. The van der Waals surface area contributed by atoms with Gasteiger partial charge in [-0.25, -0.2) is 12.7 Å². The molecule has 18 heavy (non-hydrogen) atoms. The summed E-state index contributed by atoms with van der Waals surface area (Å²) in [5, 5.41) is 6.87. The normalized spacial score (nSPS) is 22.2. The van der Waals surface area contributed by atoms with Crippen molar-refractivity contribution in [1.29, 1.82) is 0 Å². The molecule has 0 bridgehead atoms. The van der Waals surface area contributed by atoms with Gasteiger partial charge < -0.3 is 0 Å². The van der Waals surface area contributed by atoms with Crippen LogP contribution in [0.25, 0.3) is 0 Å². The average molecular weight is 271 g/mol. The maximum Gasteiger partial charge on any atom is 0.214 e. The number of aromatic amines is 1. The predicted molar refractivity (Wildman–Crippen MR) is 70.7 cm³/mol. The van der Waals surface area contributed by atoms with Gasteiger partial charge in [-0.3, -0.25) is 5.10 Å². The number of hydrogen-bond acceptors (Lipinski definition) is 3. The zero-order valence-corrected chi connectivity index (χ0v) is 11.6. The van der Waals surface area contributed by atoms with Gasteiger partial charge in [0.1, 0.15) is 0 Å². The van der Waals surface area contributed by atoms with Crippen LogP contribution in [0, 0.1) is 5.92 Å². The Hall–Kier alpha value is -0.880. The van der Waals surface area contributed by atoms with E-state index in [-0.39, 0.29) is 5.75 Å². The molecule has 0 aliphatic carbocycles. The largest absolute Gasteiger partial charge is 0.283 e. The number of nitrogens with zero attached hydrogens (tertiary/aromatic N) is 2. The van der Waals surface area contributed by atoms with Crippen LogP contribution in [0.1, 0.15) is 31.9 Å². The van der Waals surface area contributed by atoms with Crippen molar-refractivity contribution in [2.24, 2.45) is 5.92 Å². The van der Waals surface area contributed by atoms with Gasteiger partial charge in [-0.15, -0.1) is 0 Å². The van der Waals surface area contributed by atoms with Crippen LogP contribution in [-0.2, 0) is 16.4 Å². The Morgan fingerprint density at radius 2 is 2.39 bits per heavy atom. The molecule has 1 aliphatic rings. The summed E-state index contributed by atoms with van der Waals surface area (Å²) < 4.78 is 25.7. The third-order valence-electron chi connectivity index (χ3n) is 3.40. The molecule has 1 aromatic rings. The fraction of sp³-hybridized carbons (Fsp3) is 0.750. The summed E-state index contributed by atoms with van der Waals surface area (Å²) in [5.41, 5.74) is 1.09. The summed E-state index contributed by atoms with van der Waals surface area (Å²) in [7, 11) is -3.04. The number of H-pyrrole nitrogens is 1. The van der Waals surface area contributed by atoms with E-state index in [1.54, 1.807) is 10.5 Å². The minimum atomic E-state index is -3.04. The Morgan fingerprint density at radius 1 is 1.56 bits per heavy atom. The molecule has 1 saturated heterocycles. The molecule has 2 rings (SSSR count). The van der Waals surface area contributed by atoms with E-state index >= 15 is 0 Å². The van der Waals surface area contributed by atoms with Gasteiger partial charge in [0.2, 0.25) is 10.0 Å². The first kappa shape index (κ1) is 13.5. The van der Waals surface area contributed by atoms with Crippen molar-refractivity contribution < 1.29 is 8.42 Å². The second-order valence-corrected chi connectivity index (χ2v) is 7.06. The molecule has 5 nitrogen and oxygen atoms in total. The molecular weight excluding hydrogens is 250 g/mol. The van der Waals surface area contributed by atoms with Crippen LogP contribution in [0.3, 0.4) is 0 Å². The summed E-state index contributed by atoms with van der Waals surface area (Å²) in [6.45, 7) is 3.24. The van der Waals surface area contributed by atoms with Gasteiger partial charge in [-0.05, 0) is 37.7 Å². The summed E-state index contributed by atoms with van der Waals surface area (Å²) in [6.07, 6.45) is 5.37. The number of piperidine rings is 1. The van der Waals surface area contributed by atoms with Crippen molar-refractivity contribution >= 4 is 10.0 Å². The second-order valence-electron chi connectivity index (χ2n) is 4.97. The van der Waals surface area contributed by atoms with Gasteiger partial charge >= 0.3 is 0 Å². The standard InChI is InChI=1S/C12H21N3O2S/c1-2-8-18(16,17)15-7-3-4-11(10-15)9-12-5-6-13-14-12/h5-6,11H,2-4,7-10H2,1H3,(H,13,14)/t11-/m1/s1. The molecule has 1 fully saturated rings. The molecule has 6 heteroatoms. The minimum absolute atomic E-state index is 0.268. The molecule has 0 spiro atoms. The van der Waals surface area contributed by atoms with E-state index in [4.69, 9.17) is 0 Å². The number of sulfonamides is 1. The second kappa shape index (κ2) is 5.84. The topological polar surface area (TPSA) is 66.1 Å². The molecule has 1 aliphatic heterocycles. The molecule has 0 unspecified atom stereocenters. The van der Waals surface area contributed by atoms with Crippen LogP contribution in [-0.4, -0.2) is 41.8 Å². The lowest BCUT2D eigenvalue weighted by Gasteiger charge is -2.31. The van der Waals surface area contributed by atoms with Gasteiger partial charge in [-0.2, -0.15) is 5.10 Å². The molecule has 102 valence electrons. The van der Waals surface area contributed by atoms with Crippen molar-refractivity contribution in [2.45, 2.75) is 32.6 Å². The lowest BCUT2D eigenvalue weighted by atomic mass is 9.95. The first-order valence-electron chi connectivity index (χ1n) is 6.58. The van der Waals surface area contributed by atoms with Crippen LogP contribution in [0.2, 0.25) is 0 Å². The molecule has 0 radical (unpaired) electrons. The molecular formula is C12H21N3O2S. The lowest BCUT2D eigenvalue weighted by Crippen LogP contribution is -2.41. The van der Waals surface area contributed by atoms with Crippen molar-refractivity contribution in [1.82, 2.24) is 14.5 Å². The summed E-state index contributed by atoms with van der Waals surface area (Å²) in [5.74, 6) is 0.676. The Labute approximate surface area is 109 Å². The van der Waals surface area contributed by atoms with Crippen molar-refractivity contribution in [3.8, 4) is 0 Å². The van der Waals surface area contributed by atoms with Crippen molar-refractivity contribution in [2.75, 3.05) is 18.8 Å². The maximum atomic E-state index is 12.0. The SMILES string of the molecule is CCCS(=O)(=O)N1CCC[C@H](Cc2ccn[nH]2)C1. The number of rotatable bonds is 5. The van der Waals surface area contributed by atoms with Crippen LogP contribution < -0.4 is 0 Å². The number of aromatic nitrogens is 2. The van der Waals surface area contributed by atoms with E-state index in [9.17, 15) is 8.42 Å². The summed E-state index contributed by atoms with van der Waals surface area (Å²) >= 11 is 0. The van der Waals surface area contributed by atoms with Gasteiger partial charge in [0.15, 0.2) is 0 Å². The van der Waals surface area contributed by atoms with E-state index in [1.165, 1.54) is 0 Å². The number of nitrogens with one attached hydrogen (secondary N) is 1. The lowest BCUT2D eigenvalue weighted by molar-refractivity contribution is 0.264. The Balaban J connectivity index is 1.96. The zero-order chi connectivity index (χ0) is 13.0. The summed E-state index contributed by atoms with van der Waals surface area (Å²) in [6, 6.07) is 1.96. The molecule has 1 atom stereocenters. The fourth-order valence-electron chi connectivity index (χ4n) is 2.54. The van der Waals surface area contributed by atoms with Gasteiger partial charge in [0, 0.05) is 25.0 Å². The minimum Gasteiger partial charge on any atom is -0.283 e. The van der Waals surface area contributed by atoms with E-state index in [0.29, 0.717) is 25.4 Å².